The van der Waals surface area contributed by atoms with Gasteiger partial charge in [-0.3, -0.25) is 4.79 Å². The second-order valence-corrected chi connectivity index (χ2v) is 3.88. The third kappa shape index (κ3) is 3.60. The first-order valence-electron chi connectivity index (χ1n) is 4.58. The monoisotopic (exact) mass is 274 g/mol. The molecular formula is C10H12BrFN2O. The maximum Gasteiger partial charge on any atom is 0.251 e. The van der Waals surface area contributed by atoms with E-state index in [9.17, 15) is 9.18 Å². The van der Waals surface area contributed by atoms with Gasteiger partial charge in [-0.2, -0.15) is 0 Å². The summed E-state index contributed by atoms with van der Waals surface area (Å²) in [7, 11) is 0. The molecule has 1 amide bonds. The molecule has 0 aliphatic carbocycles. The van der Waals surface area contributed by atoms with Crippen LogP contribution in [0.1, 0.15) is 16.8 Å². The van der Waals surface area contributed by atoms with Crippen LogP contribution in [0.5, 0.6) is 0 Å². The molecule has 0 aromatic heterocycles. The van der Waals surface area contributed by atoms with Gasteiger partial charge >= 0.3 is 0 Å². The van der Waals surface area contributed by atoms with Gasteiger partial charge in [-0.15, -0.1) is 0 Å². The van der Waals surface area contributed by atoms with Crippen molar-refractivity contribution in [3.63, 3.8) is 0 Å². The number of hydrogen-bond acceptors (Lipinski definition) is 2. The molecule has 0 unspecified atom stereocenters. The van der Waals surface area contributed by atoms with Crippen LogP contribution in [0, 0.1) is 5.82 Å². The summed E-state index contributed by atoms with van der Waals surface area (Å²) in [5.41, 5.74) is 5.72. The molecule has 0 radical (unpaired) electrons. The molecule has 0 bridgehead atoms. The number of benzene rings is 1. The average molecular weight is 275 g/mol. The topological polar surface area (TPSA) is 55.1 Å². The fraction of sp³-hybridized carbons (Fsp3) is 0.300. The SMILES string of the molecule is NCCCNC(=O)c1ccc(F)c(Br)c1. The van der Waals surface area contributed by atoms with Crippen molar-refractivity contribution in [1.29, 1.82) is 0 Å². The Morgan fingerprint density at radius 3 is 2.87 bits per heavy atom. The van der Waals surface area contributed by atoms with Crippen molar-refractivity contribution in [2.75, 3.05) is 13.1 Å². The lowest BCUT2D eigenvalue weighted by Crippen LogP contribution is -2.25. The summed E-state index contributed by atoms with van der Waals surface area (Å²) < 4.78 is 13.2. The minimum absolute atomic E-state index is 0.218. The lowest BCUT2D eigenvalue weighted by molar-refractivity contribution is 0.0953. The van der Waals surface area contributed by atoms with Crippen LogP contribution in [-0.4, -0.2) is 19.0 Å². The Kier molecular flexibility index (Phi) is 4.71. The minimum Gasteiger partial charge on any atom is -0.352 e. The zero-order chi connectivity index (χ0) is 11.3. The van der Waals surface area contributed by atoms with Crippen molar-refractivity contribution in [1.82, 2.24) is 5.32 Å². The van der Waals surface area contributed by atoms with Gasteiger partial charge in [0.05, 0.1) is 4.47 Å². The Morgan fingerprint density at radius 2 is 2.27 bits per heavy atom. The van der Waals surface area contributed by atoms with Crippen LogP contribution in [0.15, 0.2) is 22.7 Å². The second-order valence-electron chi connectivity index (χ2n) is 3.03. The van der Waals surface area contributed by atoms with E-state index in [-0.39, 0.29) is 16.2 Å². The molecule has 3 N–H and O–H groups in total. The maximum atomic E-state index is 12.9. The highest BCUT2D eigenvalue weighted by Crippen LogP contribution is 2.16. The highest BCUT2D eigenvalue weighted by Gasteiger charge is 2.07. The molecule has 1 aromatic rings. The van der Waals surface area contributed by atoms with E-state index in [1.807, 2.05) is 0 Å². The number of carbonyl (C=O) groups is 1. The van der Waals surface area contributed by atoms with Gasteiger partial charge in [-0.1, -0.05) is 0 Å². The molecule has 0 aliphatic heterocycles. The number of halogens is 2. The van der Waals surface area contributed by atoms with E-state index in [0.717, 1.165) is 6.42 Å². The number of amides is 1. The Hall–Kier alpha value is -0.940. The van der Waals surface area contributed by atoms with E-state index in [1.165, 1.54) is 18.2 Å². The number of nitrogens with two attached hydrogens (primary N) is 1. The lowest BCUT2D eigenvalue weighted by Gasteiger charge is -2.04. The van der Waals surface area contributed by atoms with E-state index < -0.39 is 0 Å². The number of rotatable bonds is 4. The Morgan fingerprint density at radius 1 is 1.53 bits per heavy atom. The quantitative estimate of drug-likeness (QED) is 0.821. The first-order chi connectivity index (χ1) is 7.15. The molecule has 0 heterocycles. The number of hydrogen-bond donors (Lipinski definition) is 2. The van der Waals surface area contributed by atoms with Gasteiger partial charge in [-0.25, -0.2) is 4.39 Å². The summed E-state index contributed by atoms with van der Waals surface area (Å²) in [5, 5.41) is 2.68. The standard InChI is InChI=1S/C10H12BrFN2O/c11-8-6-7(2-3-9(8)12)10(15)14-5-1-4-13/h2-3,6H,1,4-5,13H2,(H,14,15). The third-order valence-corrected chi connectivity index (χ3v) is 2.46. The van der Waals surface area contributed by atoms with E-state index in [0.29, 0.717) is 18.7 Å². The summed E-state index contributed by atoms with van der Waals surface area (Å²) in [4.78, 5) is 11.5. The number of carbonyl (C=O) groups excluding carboxylic acids is 1. The van der Waals surface area contributed by atoms with Crippen LogP contribution in [-0.2, 0) is 0 Å². The zero-order valence-corrected chi connectivity index (χ0v) is 9.68. The minimum atomic E-state index is -0.381. The first-order valence-corrected chi connectivity index (χ1v) is 5.37. The lowest BCUT2D eigenvalue weighted by atomic mass is 10.2. The molecule has 5 heteroatoms. The molecule has 0 spiro atoms. The molecule has 3 nitrogen and oxygen atoms in total. The maximum absolute atomic E-state index is 12.9. The third-order valence-electron chi connectivity index (χ3n) is 1.85. The Balaban J connectivity index is 2.62. The molecule has 0 saturated carbocycles. The van der Waals surface area contributed by atoms with Crippen LogP contribution in [0.4, 0.5) is 4.39 Å². The fourth-order valence-corrected chi connectivity index (χ4v) is 1.42. The van der Waals surface area contributed by atoms with E-state index >= 15 is 0 Å². The average Bonchev–Trinajstić information content (AvgIpc) is 2.22. The van der Waals surface area contributed by atoms with Crippen molar-refractivity contribution in [2.45, 2.75) is 6.42 Å². The van der Waals surface area contributed by atoms with E-state index in [2.05, 4.69) is 21.2 Å². The molecule has 82 valence electrons. The van der Waals surface area contributed by atoms with Gasteiger partial charge in [0.2, 0.25) is 0 Å². The van der Waals surface area contributed by atoms with Gasteiger partial charge in [-0.05, 0) is 47.1 Å². The summed E-state index contributed by atoms with van der Waals surface area (Å²) >= 11 is 3.02. The van der Waals surface area contributed by atoms with Gasteiger partial charge in [0.1, 0.15) is 5.82 Å². The molecule has 0 aliphatic rings. The molecule has 1 rings (SSSR count). The smallest absolute Gasteiger partial charge is 0.251 e. The van der Waals surface area contributed by atoms with Crippen LogP contribution >= 0.6 is 15.9 Å². The zero-order valence-electron chi connectivity index (χ0n) is 8.09. The van der Waals surface area contributed by atoms with Crippen LogP contribution in [0.3, 0.4) is 0 Å². The summed E-state index contributed by atoms with van der Waals surface area (Å²) in [6.07, 6.45) is 0.730. The summed E-state index contributed by atoms with van der Waals surface area (Å²) in [6.45, 7) is 1.07. The Bertz CT molecular complexity index is 357. The van der Waals surface area contributed by atoms with Crippen molar-refractivity contribution in [2.24, 2.45) is 5.73 Å². The molecule has 1 aromatic carbocycles. The van der Waals surface area contributed by atoms with Crippen LogP contribution in [0.25, 0.3) is 0 Å². The fourth-order valence-electron chi connectivity index (χ4n) is 1.04. The van der Waals surface area contributed by atoms with Crippen molar-refractivity contribution >= 4 is 21.8 Å². The largest absolute Gasteiger partial charge is 0.352 e. The normalized spacial score (nSPS) is 10.1. The van der Waals surface area contributed by atoms with Crippen molar-refractivity contribution in [3.05, 3.63) is 34.1 Å². The van der Waals surface area contributed by atoms with Gasteiger partial charge in [0.25, 0.3) is 5.91 Å². The highest BCUT2D eigenvalue weighted by atomic mass is 79.9. The summed E-state index contributed by atoms with van der Waals surface area (Å²) in [5.74, 6) is -0.599. The molecule has 0 fully saturated rings. The molecule has 15 heavy (non-hydrogen) atoms. The Labute approximate surface area is 96.0 Å². The predicted octanol–water partition coefficient (Wildman–Crippen LogP) is 1.67. The van der Waals surface area contributed by atoms with E-state index in [4.69, 9.17) is 5.73 Å². The predicted molar refractivity (Wildman–Crippen MR) is 60.1 cm³/mol. The molecular weight excluding hydrogens is 263 g/mol. The van der Waals surface area contributed by atoms with Gasteiger partial charge in [0, 0.05) is 12.1 Å². The second kappa shape index (κ2) is 5.82. The number of nitrogens with one attached hydrogen (secondary N) is 1. The highest BCUT2D eigenvalue weighted by molar-refractivity contribution is 9.10. The van der Waals surface area contributed by atoms with Crippen molar-refractivity contribution < 1.29 is 9.18 Å². The van der Waals surface area contributed by atoms with Crippen LogP contribution in [0.2, 0.25) is 0 Å². The molecule has 0 saturated heterocycles. The summed E-state index contributed by atoms with van der Waals surface area (Å²) in [6, 6.07) is 4.15. The van der Waals surface area contributed by atoms with Gasteiger partial charge < -0.3 is 11.1 Å². The first kappa shape index (κ1) is 12.1. The molecule has 0 atom stereocenters. The van der Waals surface area contributed by atoms with Gasteiger partial charge in [0.15, 0.2) is 0 Å². The van der Waals surface area contributed by atoms with Crippen LogP contribution < -0.4 is 11.1 Å². The van der Waals surface area contributed by atoms with Crippen molar-refractivity contribution in [3.8, 4) is 0 Å². The van der Waals surface area contributed by atoms with E-state index in [1.54, 1.807) is 0 Å².